The van der Waals surface area contributed by atoms with Crippen LogP contribution >= 0.6 is 15.9 Å². The second kappa shape index (κ2) is 4.70. The van der Waals surface area contributed by atoms with Gasteiger partial charge in [-0.1, -0.05) is 28.1 Å². The minimum Gasteiger partial charge on any atom is -0.322 e. The topological polar surface area (TPSA) is 75.4 Å². The van der Waals surface area contributed by atoms with E-state index in [1.165, 1.54) is 0 Å². The summed E-state index contributed by atoms with van der Waals surface area (Å²) in [4.78, 5) is 23.1. The summed E-state index contributed by atoms with van der Waals surface area (Å²) in [6.45, 7) is 1.69. The first-order valence-corrected chi connectivity index (χ1v) is 6.37. The highest BCUT2D eigenvalue weighted by Gasteiger charge is 2.46. The number of carbonyl (C=O) groups is 2. The number of benzene rings is 1. The number of nitrogens with one attached hydrogen (secondary N) is 1. The van der Waals surface area contributed by atoms with E-state index in [-0.39, 0.29) is 5.91 Å². The second-order valence-corrected chi connectivity index (χ2v) is 5.48. The molecule has 1 aliphatic rings. The summed E-state index contributed by atoms with van der Waals surface area (Å²) in [5, 5.41) is 3.26. The highest BCUT2D eigenvalue weighted by atomic mass is 79.9. The molecular formula is C12H14BrN3O2. The molecule has 3 N–H and O–H groups in total. The van der Waals surface area contributed by atoms with E-state index in [0.717, 1.165) is 10.0 Å². The van der Waals surface area contributed by atoms with Crippen LogP contribution < -0.4 is 11.2 Å². The van der Waals surface area contributed by atoms with Crippen LogP contribution in [0.1, 0.15) is 18.9 Å². The highest BCUT2D eigenvalue weighted by Crippen LogP contribution is 2.22. The number of nitrogens with zero attached hydrogens (tertiary/aromatic N) is 1. The average molecular weight is 312 g/mol. The fourth-order valence-corrected chi connectivity index (χ4v) is 2.19. The van der Waals surface area contributed by atoms with E-state index in [1.807, 2.05) is 24.3 Å². The van der Waals surface area contributed by atoms with Crippen molar-refractivity contribution in [3.05, 3.63) is 34.3 Å². The Morgan fingerprint density at radius 3 is 2.44 bits per heavy atom. The zero-order valence-electron chi connectivity index (χ0n) is 9.94. The number of hydrogen-bond donors (Lipinski definition) is 2. The van der Waals surface area contributed by atoms with Crippen molar-refractivity contribution in [2.24, 2.45) is 5.84 Å². The third-order valence-electron chi connectivity index (χ3n) is 3.12. The van der Waals surface area contributed by atoms with E-state index >= 15 is 0 Å². The van der Waals surface area contributed by atoms with Crippen molar-refractivity contribution in [1.82, 2.24) is 10.3 Å². The predicted octanol–water partition coefficient (Wildman–Crippen LogP) is 1.57. The number of aryl methyl sites for hydroxylation is 1. The minimum atomic E-state index is -0.904. The molecule has 3 amide bonds. The number of nitrogens with two attached hydrogens (primary N) is 1. The minimum absolute atomic E-state index is 0.385. The Labute approximate surface area is 113 Å². The first kappa shape index (κ1) is 13.0. The molecule has 1 atom stereocenters. The molecule has 0 radical (unpaired) electrons. The van der Waals surface area contributed by atoms with Gasteiger partial charge in [-0.25, -0.2) is 10.6 Å². The Morgan fingerprint density at radius 2 is 1.94 bits per heavy atom. The lowest BCUT2D eigenvalue weighted by molar-refractivity contribution is -0.131. The standard InChI is InChI=1S/C12H14BrN3O2/c1-12(10(17)16(14)11(18)15-12)7-6-8-2-4-9(13)5-3-8/h2-5H,6-7,14H2,1H3,(H,15,18). The van der Waals surface area contributed by atoms with Crippen LogP contribution in [0.5, 0.6) is 0 Å². The number of hydrazine groups is 1. The van der Waals surface area contributed by atoms with E-state index in [1.54, 1.807) is 6.92 Å². The zero-order valence-corrected chi connectivity index (χ0v) is 11.5. The maximum absolute atomic E-state index is 11.8. The van der Waals surface area contributed by atoms with Gasteiger partial charge in [0, 0.05) is 4.47 Å². The normalized spacial score (nSPS) is 23.4. The summed E-state index contributed by atoms with van der Waals surface area (Å²) < 4.78 is 1.01. The monoisotopic (exact) mass is 311 g/mol. The Bertz CT molecular complexity index is 489. The molecule has 6 heteroatoms. The lowest BCUT2D eigenvalue weighted by Gasteiger charge is -2.20. The van der Waals surface area contributed by atoms with Gasteiger partial charge in [-0.05, 0) is 37.5 Å². The van der Waals surface area contributed by atoms with Crippen molar-refractivity contribution in [3.8, 4) is 0 Å². The molecule has 1 aromatic carbocycles. The van der Waals surface area contributed by atoms with Crippen LogP contribution in [0.15, 0.2) is 28.7 Å². The zero-order chi connectivity index (χ0) is 13.3. The Kier molecular flexibility index (Phi) is 3.41. The molecule has 96 valence electrons. The number of urea groups is 1. The van der Waals surface area contributed by atoms with E-state index < -0.39 is 11.6 Å². The molecule has 1 heterocycles. The van der Waals surface area contributed by atoms with Gasteiger partial charge in [0.1, 0.15) is 5.54 Å². The van der Waals surface area contributed by atoms with E-state index in [4.69, 9.17) is 5.84 Å². The fourth-order valence-electron chi connectivity index (χ4n) is 1.92. The number of hydrogen-bond acceptors (Lipinski definition) is 3. The number of rotatable bonds is 3. The first-order chi connectivity index (χ1) is 8.42. The average Bonchev–Trinajstić information content (AvgIpc) is 2.53. The Morgan fingerprint density at radius 1 is 1.33 bits per heavy atom. The molecule has 1 saturated heterocycles. The molecule has 18 heavy (non-hydrogen) atoms. The Balaban J connectivity index is 2.04. The van der Waals surface area contributed by atoms with E-state index in [0.29, 0.717) is 17.9 Å². The van der Waals surface area contributed by atoms with Gasteiger partial charge in [-0.15, -0.1) is 0 Å². The molecule has 5 nitrogen and oxygen atoms in total. The highest BCUT2D eigenvalue weighted by molar-refractivity contribution is 9.10. The van der Waals surface area contributed by atoms with Crippen LogP contribution in [0.2, 0.25) is 0 Å². The lowest BCUT2D eigenvalue weighted by atomic mass is 9.93. The van der Waals surface area contributed by atoms with Crippen LogP contribution in [0.4, 0.5) is 4.79 Å². The molecule has 1 fully saturated rings. The van der Waals surface area contributed by atoms with Crippen molar-refractivity contribution in [2.75, 3.05) is 0 Å². The molecule has 0 aliphatic carbocycles. The summed E-state index contributed by atoms with van der Waals surface area (Å²) in [7, 11) is 0. The summed E-state index contributed by atoms with van der Waals surface area (Å²) in [6.07, 6.45) is 1.22. The second-order valence-electron chi connectivity index (χ2n) is 4.56. The molecule has 2 rings (SSSR count). The quantitative estimate of drug-likeness (QED) is 0.505. The Hall–Kier alpha value is -1.40. The third-order valence-corrected chi connectivity index (χ3v) is 3.65. The molecule has 0 spiro atoms. The number of amides is 3. The molecule has 0 saturated carbocycles. The maximum Gasteiger partial charge on any atom is 0.339 e. The smallest absolute Gasteiger partial charge is 0.322 e. The van der Waals surface area contributed by atoms with Crippen molar-refractivity contribution in [3.63, 3.8) is 0 Å². The first-order valence-electron chi connectivity index (χ1n) is 5.58. The predicted molar refractivity (Wildman–Crippen MR) is 70.4 cm³/mol. The maximum atomic E-state index is 11.8. The van der Waals surface area contributed by atoms with Crippen LogP contribution in [-0.4, -0.2) is 22.5 Å². The molecule has 0 aromatic heterocycles. The molecular weight excluding hydrogens is 298 g/mol. The molecule has 1 unspecified atom stereocenters. The molecule has 0 bridgehead atoms. The van der Waals surface area contributed by atoms with Crippen LogP contribution in [0.25, 0.3) is 0 Å². The number of halogens is 1. The van der Waals surface area contributed by atoms with Gasteiger partial charge < -0.3 is 5.32 Å². The molecule has 1 aromatic rings. The lowest BCUT2D eigenvalue weighted by Crippen LogP contribution is -2.45. The van der Waals surface area contributed by atoms with Gasteiger partial charge in [0.05, 0.1) is 0 Å². The van der Waals surface area contributed by atoms with E-state index in [9.17, 15) is 9.59 Å². The van der Waals surface area contributed by atoms with Crippen molar-refractivity contribution < 1.29 is 9.59 Å². The molecule has 1 aliphatic heterocycles. The van der Waals surface area contributed by atoms with Gasteiger partial charge in [0.15, 0.2) is 0 Å². The van der Waals surface area contributed by atoms with Crippen LogP contribution in [0.3, 0.4) is 0 Å². The van der Waals surface area contributed by atoms with Gasteiger partial charge in [-0.2, -0.15) is 5.01 Å². The van der Waals surface area contributed by atoms with Crippen molar-refractivity contribution in [1.29, 1.82) is 0 Å². The van der Waals surface area contributed by atoms with E-state index in [2.05, 4.69) is 21.2 Å². The fraction of sp³-hybridized carbons (Fsp3) is 0.333. The summed E-state index contributed by atoms with van der Waals surface area (Å²) in [5.41, 5.74) is 0.204. The van der Waals surface area contributed by atoms with Gasteiger partial charge in [-0.3, -0.25) is 4.79 Å². The number of imide groups is 1. The largest absolute Gasteiger partial charge is 0.339 e. The van der Waals surface area contributed by atoms with Gasteiger partial charge >= 0.3 is 6.03 Å². The SMILES string of the molecule is CC1(CCc2ccc(Br)cc2)NC(=O)N(N)C1=O. The number of carbonyl (C=O) groups excluding carboxylic acids is 2. The third kappa shape index (κ3) is 2.39. The van der Waals surface area contributed by atoms with Crippen LogP contribution in [-0.2, 0) is 11.2 Å². The van der Waals surface area contributed by atoms with Gasteiger partial charge in [0.2, 0.25) is 0 Å². The van der Waals surface area contributed by atoms with Crippen molar-refractivity contribution in [2.45, 2.75) is 25.3 Å². The van der Waals surface area contributed by atoms with Crippen LogP contribution in [0, 0.1) is 0 Å². The van der Waals surface area contributed by atoms with Gasteiger partial charge in [0.25, 0.3) is 5.91 Å². The summed E-state index contributed by atoms with van der Waals surface area (Å²) in [6, 6.07) is 7.31. The van der Waals surface area contributed by atoms with Crippen molar-refractivity contribution >= 4 is 27.9 Å². The summed E-state index contributed by atoms with van der Waals surface area (Å²) in [5.74, 6) is 4.97. The summed E-state index contributed by atoms with van der Waals surface area (Å²) >= 11 is 3.36.